The molecule has 1 atom stereocenters. The van der Waals surface area contributed by atoms with Crippen LogP contribution >= 0.6 is 11.6 Å². The van der Waals surface area contributed by atoms with Crippen molar-refractivity contribution in [3.05, 3.63) is 52.3 Å². The average Bonchev–Trinajstić information content (AvgIpc) is 3.38. The van der Waals surface area contributed by atoms with E-state index in [1.54, 1.807) is 37.0 Å². The molecule has 1 aromatic carbocycles. The first-order chi connectivity index (χ1) is 15.2. The second-order valence-corrected chi connectivity index (χ2v) is 7.73. The van der Waals surface area contributed by atoms with Crippen molar-refractivity contribution in [2.24, 2.45) is 7.05 Å². The summed E-state index contributed by atoms with van der Waals surface area (Å²) in [5, 5.41) is 9.88. The first-order valence-electron chi connectivity index (χ1n) is 10.6. The lowest BCUT2D eigenvalue weighted by molar-refractivity contribution is -0.127. The molecule has 1 aliphatic heterocycles. The Labute approximate surface area is 193 Å². The van der Waals surface area contributed by atoms with Crippen LogP contribution in [-0.2, 0) is 16.6 Å². The van der Waals surface area contributed by atoms with E-state index in [2.05, 4.69) is 20.6 Å². The van der Waals surface area contributed by atoms with E-state index in [4.69, 9.17) is 11.6 Å². The maximum atomic E-state index is 12.4. The fourth-order valence-electron chi connectivity index (χ4n) is 3.43. The summed E-state index contributed by atoms with van der Waals surface area (Å²) in [5.74, 6) is -1.02. The number of aromatic nitrogens is 2. The molecule has 0 aliphatic carbocycles. The van der Waals surface area contributed by atoms with Crippen LogP contribution in [0.15, 0.2) is 36.2 Å². The van der Waals surface area contributed by atoms with Gasteiger partial charge in [-0.1, -0.05) is 37.6 Å². The van der Waals surface area contributed by atoms with Crippen molar-refractivity contribution in [2.75, 3.05) is 18.0 Å². The minimum atomic E-state index is -0.448. The minimum absolute atomic E-state index is 0.0343. The van der Waals surface area contributed by atoms with Gasteiger partial charge in [0, 0.05) is 44.9 Å². The fraction of sp³-hybridized carbons (Fsp3) is 0.391. The average molecular weight is 460 g/mol. The van der Waals surface area contributed by atoms with Gasteiger partial charge in [0.25, 0.3) is 11.8 Å². The summed E-state index contributed by atoms with van der Waals surface area (Å²) in [6.45, 7) is 8.24. The number of halogens is 1. The zero-order valence-corrected chi connectivity index (χ0v) is 19.9. The van der Waals surface area contributed by atoms with Gasteiger partial charge >= 0.3 is 0 Å². The van der Waals surface area contributed by atoms with E-state index in [9.17, 15) is 14.4 Å². The highest BCUT2D eigenvalue weighted by atomic mass is 35.5. The molecule has 3 rings (SSSR count). The summed E-state index contributed by atoms with van der Waals surface area (Å²) in [5.41, 5.74) is 2.49. The summed E-state index contributed by atoms with van der Waals surface area (Å²) >= 11 is 6.48. The van der Waals surface area contributed by atoms with Gasteiger partial charge in [0.05, 0.1) is 22.5 Å². The summed E-state index contributed by atoms with van der Waals surface area (Å²) < 4.78 is 1.59. The van der Waals surface area contributed by atoms with Gasteiger partial charge in [0.15, 0.2) is 0 Å². The molecule has 0 saturated carbocycles. The van der Waals surface area contributed by atoms with Crippen LogP contribution < -0.4 is 15.5 Å². The molecule has 1 aliphatic rings. The van der Waals surface area contributed by atoms with Crippen molar-refractivity contribution >= 4 is 41.1 Å². The maximum absolute atomic E-state index is 12.4. The topological polar surface area (TPSA) is 96.3 Å². The molecule has 1 saturated heterocycles. The number of aryl methyl sites for hydroxylation is 1. The Morgan fingerprint density at radius 2 is 1.94 bits per heavy atom. The highest BCUT2D eigenvalue weighted by Gasteiger charge is 2.27. The number of benzene rings is 1. The van der Waals surface area contributed by atoms with Gasteiger partial charge in [0.1, 0.15) is 0 Å². The van der Waals surface area contributed by atoms with E-state index >= 15 is 0 Å². The molecular formula is C23H30ClN5O3. The van der Waals surface area contributed by atoms with Gasteiger partial charge in [-0.05, 0) is 31.1 Å². The van der Waals surface area contributed by atoms with Crippen molar-refractivity contribution in [1.29, 1.82) is 0 Å². The normalized spacial score (nSPS) is 15.6. The summed E-state index contributed by atoms with van der Waals surface area (Å²) in [6.07, 6.45) is 5.69. The molecule has 172 valence electrons. The van der Waals surface area contributed by atoms with E-state index in [0.717, 1.165) is 17.7 Å². The van der Waals surface area contributed by atoms with Crippen molar-refractivity contribution in [3.8, 4) is 0 Å². The number of nitrogens with zero attached hydrogens (tertiary/aromatic N) is 3. The Morgan fingerprint density at radius 3 is 2.56 bits per heavy atom. The number of hydrogen-bond donors (Lipinski definition) is 2. The third-order valence-electron chi connectivity index (χ3n) is 4.84. The van der Waals surface area contributed by atoms with Crippen LogP contribution in [0.1, 0.15) is 50.0 Å². The van der Waals surface area contributed by atoms with Crippen LogP contribution in [0.4, 0.5) is 5.69 Å². The van der Waals surface area contributed by atoms with Crippen molar-refractivity contribution in [2.45, 2.75) is 40.2 Å². The van der Waals surface area contributed by atoms with E-state index in [1.807, 2.05) is 26.0 Å². The maximum Gasteiger partial charge on any atom is 0.254 e. The molecule has 1 aromatic heterocycles. The Morgan fingerprint density at radius 1 is 1.22 bits per heavy atom. The quantitative estimate of drug-likeness (QED) is 0.669. The molecule has 3 amide bonds. The SMILES string of the molecule is CC.CC(=O)NC(=O)/C(C)=C/c1cccc(Cl)c1N1CC[C@H](NC(=O)c2cnn(C)c2)C1. The molecule has 0 spiro atoms. The van der Waals surface area contributed by atoms with Gasteiger partial charge in [-0.25, -0.2) is 0 Å². The number of para-hydroxylation sites is 1. The zero-order chi connectivity index (χ0) is 23.8. The number of carbonyl (C=O) groups excluding carboxylic acids is 3. The lowest BCUT2D eigenvalue weighted by atomic mass is 10.1. The number of imide groups is 1. The van der Waals surface area contributed by atoms with E-state index in [1.165, 1.54) is 13.1 Å². The highest BCUT2D eigenvalue weighted by molar-refractivity contribution is 6.33. The second-order valence-electron chi connectivity index (χ2n) is 7.32. The molecule has 0 bridgehead atoms. The van der Waals surface area contributed by atoms with E-state index in [0.29, 0.717) is 29.2 Å². The van der Waals surface area contributed by atoms with Gasteiger partial charge in [-0.2, -0.15) is 5.10 Å². The molecular weight excluding hydrogens is 430 g/mol. The zero-order valence-electron chi connectivity index (χ0n) is 19.1. The monoisotopic (exact) mass is 459 g/mol. The number of rotatable bonds is 5. The molecule has 32 heavy (non-hydrogen) atoms. The van der Waals surface area contributed by atoms with Crippen molar-refractivity contribution < 1.29 is 14.4 Å². The van der Waals surface area contributed by atoms with Crippen LogP contribution in [0.2, 0.25) is 5.02 Å². The van der Waals surface area contributed by atoms with E-state index < -0.39 is 11.8 Å². The van der Waals surface area contributed by atoms with Gasteiger partial charge in [-0.15, -0.1) is 0 Å². The molecule has 2 aromatic rings. The first-order valence-corrected chi connectivity index (χ1v) is 11.0. The number of anilines is 1. The molecule has 2 heterocycles. The standard InChI is InChI=1S/C21H24ClN5O3.C2H6/c1-13(20(29)24-14(2)28)9-15-5-4-6-18(22)19(15)27-8-7-17(12-27)25-21(30)16-10-23-26(3)11-16;1-2/h4-6,9-11,17H,7-8,12H2,1-3H3,(H,25,30)(H,24,28,29);1-2H3/b13-9+;/t17-;/m0./s1. The van der Waals surface area contributed by atoms with E-state index in [-0.39, 0.29) is 11.9 Å². The number of nitrogens with one attached hydrogen (secondary N) is 2. The smallest absolute Gasteiger partial charge is 0.254 e. The molecule has 2 N–H and O–H groups in total. The molecule has 0 radical (unpaired) electrons. The van der Waals surface area contributed by atoms with Gasteiger partial charge < -0.3 is 10.2 Å². The third-order valence-corrected chi connectivity index (χ3v) is 5.15. The summed E-state index contributed by atoms with van der Waals surface area (Å²) in [6, 6.07) is 5.44. The predicted octanol–water partition coefficient (Wildman–Crippen LogP) is 3.17. The van der Waals surface area contributed by atoms with Crippen LogP contribution in [0.5, 0.6) is 0 Å². The Balaban J connectivity index is 0.00000176. The second kappa shape index (κ2) is 11.5. The number of hydrogen-bond acceptors (Lipinski definition) is 5. The summed E-state index contributed by atoms with van der Waals surface area (Å²) in [4.78, 5) is 37.7. The lowest BCUT2D eigenvalue weighted by Crippen LogP contribution is -2.37. The first kappa shape index (κ1) is 25.1. The molecule has 8 nitrogen and oxygen atoms in total. The predicted molar refractivity (Wildman–Crippen MR) is 127 cm³/mol. The van der Waals surface area contributed by atoms with Crippen LogP contribution in [0.3, 0.4) is 0 Å². The molecule has 9 heteroatoms. The molecule has 0 unspecified atom stereocenters. The van der Waals surface area contributed by atoms with Crippen LogP contribution in [0.25, 0.3) is 6.08 Å². The fourth-order valence-corrected chi connectivity index (χ4v) is 3.73. The van der Waals surface area contributed by atoms with Gasteiger partial charge in [-0.3, -0.25) is 24.4 Å². The largest absolute Gasteiger partial charge is 0.368 e. The van der Waals surface area contributed by atoms with Crippen LogP contribution in [-0.4, -0.2) is 46.6 Å². The third kappa shape index (κ3) is 6.43. The van der Waals surface area contributed by atoms with Crippen molar-refractivity contribution in [3.63, 3.8) is 0 Å². The number of amides is 3. The Hall–Kier alpha value is -3.13. The Kier molecular flexibility index (Phi) is 9.02. The molecule has 1 fully saturated rings. The van der Waals surface area contributed by atoms with Gasteiger partial charge in [0.2, 0.25) is 5.91 Å². The van der Waals surface area contributed by atoms with Crippen molar-refractivity contribution in [1.82, 2.24) is 20.4 Å². The highest BCUT2D eigenvalue weighted by Crippen LogP contribution is 2.34. The van der Waals surface area contributed by atoms with Crippen LogP contribution in [0, 0.1) is 0 Å². The summed E-state index contributed by atoms with van der Waals surface area (Å²) in [7, 11) is 1.76. The number of carbonyl (C=O) groups is 3. The Bertz CT molecular complexity index is 1010. The minimum Gasteiger partial charge on any atom is -0.368 e. The lowest BCUT2D eigenvalue weighted by Gasteiger charge is -2.23.